The van der Waals surface area contributed by atoms with Crippen LogP contribution in [0.4, 0.5) is 0 Å². The molecule has 6 nitrogen and oxygen atoms in total. The van der Waals surface area contributed by atoms with E-state index < -0.39 is 6.04 Å². The van der Waals surface area contributed by atoms with Gasteiger partial charge in [-0.25, -0.2) is 0 Å². The first-order valence-corrected chi connectivity index (χ1v) is 11.0. The van der Waals surface area contributed by atoms with E-state index in [4.69, 9.17) is 9.47 Å². The predicted molar refractivity (Wildman–Crippen MR) is 120 cm³/mol. The summed E-state index contributed by atoms with van der Waals surface area (Å²) in [4.78, 5) is 27.5. The van der Waals surface area contributed by atoms with Crippen LogP contribution in [0, 0.1) is 6.92 Å². The van der Waals surface area contributed by atoms with Gasteiger partial charge in [0.15, 0.2) is 11.5 Å². The molecule has 3 rings (SSSR count). The van der Waals surface area contributed by atoms with Crippen LogP contribution in [0.5, 0.6) is 11.5 Å². The monoisotopic (exact) mass is 424 g/mol. The minimum absolute atomic E-state index is 0.0458. The molecule has 0 bridgehead atoms. The van der Waals surface area contributed by atoms with Crippen LogP contribution in [-0.4, -0.2) is 42.5 Å². The van der Waals surface area contributed by atoms with Gasteiger partial charge in [0, 0.05) is 19.5 Å². The van der Waals surface area contributed by atoms with E-state index in [0.717, 1.165) is 34.6 Å². The first-order valence-electron chi connectivity index (χ1n) is 11.0. The molecular formula is C25H32N2O4. The van der Waals surface area contributed by atoms with Gasteiger partial charge >= 0.3 is 0 Å². The fraction of sp³-hybridized carbons (Fsp3) is 0.440. The third kappa shape index (κ3) is 6.23. The Morgan fingerprint density at radius 3 is 2.58 bits per heavy atom. The number of ether oxygens (including phenoxy) is 2. The molecule has 166 valence electrons. The Labute approximate surface area is 184 Å². The lowest BCUT2D eigenvalue weighted by Gasteiger charge is -2.29. The van der Waals surface area contributed by atoms with Gasteiger partial charge in [-0.3, -0.25) is 9.59 Å². The van der Waals surface area contributed by atoms with E-state index in [-0.39, 0.29) is 11.8 Å². The van der Waals surface area contributed by atoms with Crippen molar-refractivity contribution in [3.63, 3.8) is 0 Å². The summed E-state index contributed by atoms with van der Waals surface area (Å²) in [5, 5.41) is 2.91. The van der Waals surface area contributed by atoms with Gasteiger partial charge in [0.05, 0.1) is 0 Å². The number of amides is 2. The summed E-state index contributed by atoms with van der Waals surface area (Å²) < 4.78 is 11.2. The van der Waals surface area contributed by atoms with Crippen molar-refractivity contribution in [3.05, 3.63) is 59.2 Å². The van der Waals surface area contributed by atoms with Gasteiger partial charge < -0.3 is 19.7 Å². The third-order valence-corrected chi connectivity index (χ3v) is 5.39. The van der Waals surface area contributed by atoms with Crippen molar-refractivity contribution >= 4 is 11.8 Å². The Morgan fingerprint density at radius 1 is 1.06 bits per heavy atom. The van der Waals surface area contributed by atoms with Gasteiger partial charge in [0.2, 0.25) is 11.8 Å². The molecule has 1 heterocycles. The summed E-state index contributed by atoms with van der Waals surface area (Å²) in [6.45, 7) is 7.92. The van der Waals surface area contributed by atoms with Crippen LogP contribution in [0.3, 0.4) is 0 Å². The number of nitrogens with zero attached hydrogens (tertiary/aromatic N) is 1. The fourth-order valence-corrected chi connectivity index (χ4v) is 3.62. The van der Waals surface area contributed by atoms with E-state index in [1.807, 2.05) is 50.2 Å². The van der Waals surface area contributed by atoms with Gasteiger partial charge in [-0.1, -0.05) is 42.8 Å². The van der Waals surface area contributed by atoms with E-state index >= 15 is 0 Å². The molecule has 31 heavy (non-hydrogen) atoms. The van der Waals surface area contributed by atoms with Gasteiger partial charge in [0.1, 0.15) is 19.3 Å². The summed E-state index contributed by atoms with van der Waals surface area (Å²) in [6, 6.07) is 13.3. The lowest BCUT2D eigenvalue weighted by Crippen LogP contribution is -2.47. The van der Waals surface area contributed by atoms with Gasteiger partial charge in [-0.15, -0.1) is 0 Å². The first kappa shape index (κ1) is 22.7. The van der Waals surface area contributed by atoms with Crippen molar-refractivity contribution in [2.75, 3.05) is 19.8 Å². The Kier molecular flexibility index (Phi) is 7.93. The average Bonchev–Trinajstić information content (AvgIpc) is 2.78. The standard InChI is InChI=1S/C25H32N2O4/c1-4-12-26-25(29)19(3)27(17-21-7-5-6-18(2)15-21)24(28)11-9-20-8-10-22-23(16-20)31-14-13-30-22/h5-8,10,15-16,19H,4,9,11-14,17H2,1-3H3,(H,26,29)/t19-/m0/s1. The maximum atomic E-state index is 13.2. The van der Waals surface area contributed by atoms with Crippen molar-refractivity contribution in [2.45, 2.75) is 52.6 Å². The largest absolute Gasteiger partial charge is 0.486 e. The fourth-order valence-electron chi connectivity index (χ4n) is 3.62. The lowest BCUT2D eigenvalue weighted by molar-refractivity contribution is -0.140. The molecule has 2 aromatic rings. The van der Waals surface area contributed by atoms with E-state index in [2.05, 4.69) is 11.4 Å². The van der Waals surface area contributed by atoms with Crippen molar-refractivity contribution in [1.29, 1.82) is 0 Å². The normalized spacial score (nSPS) is 13.4. The topological polar surface area (TPSA) is 67.9 Å². The second-order valence-electron chi connectivity index (χ2n) is 7.96. The number of rotatable bonds is 9. The van der Waals surface area contributed by atoms with Crippen LogP contribution in [0.2, 0.25) is 0 Å². The molecule has 0 spiro atoms. The molecule has 2 aromatic carbocycles. The Bertz CT molecular complexity index is 912. The lowest BCUT2D eigenvalue weighted by atomic mass is 10.1. The minimum atomic E-state index is -0.542. The Morgan fingerprint density at radius 2 is 1.84 bits per heavy atom. The highest BCUT2D eigenvalue weighted by Crippen LogP contribution is 2.31. The highest BCUT2D eigenvalue weighted by Gasteiger charge is 2.26. The van der Waals surface area contributed by atoms with Crippen molar-refractivity contribution in [1.82, 2.24) is 10.2 Å². The van der Waals surface area contributed by atoms with Crippen LogP contribution >= 0.6 is 0 Å². The van der Waals surface area contributed by atoms with Crippen molar-refractivity contribution in [2.24, 2.45) is 0 Å². The van der Waals surface area contributed by atoms with Gasteiger partial charge in [0.25, 0.3) is 0 Å². The van der Waals surface area contributed by atoms with Crippen LogP contribution in [0.1, 0.15) is 43.4 Å². The SMILES string of the molecule is CCCNC(=O)[C@H](C)N(Cc1cccc(C)c1)C(=O)CCc1ccc2c(c1)OCCO2. The number of hydrogen-bond acceptors (Lipinski definition) is 4. The van der Waals surface area contributed by atoms with Crippen LogP contribution in [0.25, 0.3) is 0 Å². The Hall–Kier alpha value is -3.02. The number of benzene rings is 2. The van der Waals surface area contributed by atoms with Crippen LogP contribution < -0.4 is 14.8 Å². The maximum Gasteiger partial charge on any atom is 0.242 e. The molecule has 1 aliphatic heterocycles. The summed E-state index contributed by atoms with van der Waals surface area (Å²) in [7, 11) is 0. The van der Waals surface area contributed by atoms with Gasteiger partial charge in [-0.2, -0.15) is 0 Å². The zero-order chi connectivity index (χ0) is 22.2. The third-order valence-electron chi connectivity index (χ3n) is 5.39. The quantitative estimate of drug-likeness (QED) is 0.667. The summed E-state index contributed by atoms with van der Waals surface area (Å²) in [5.74, 6) is 1.29. The Balaban J connectivity index is 1.70. The number of fused-ring (bicyclic) bond motifs is 1. The minimum Gasteiger partial charge on any atom is -0.486 e. The smallest absolute Gasteiger partial charge is 0.242 e. The molecule has 1 N–H and O–H groups in total. The van der Waals surface area contributed by atoms with Crippen molar-refractivity contribution < 1.29 is 19.1 Å². The molecule has 0 saturated heterocycles. The molecule has 1 atom stereocenters. The second-order valence-corrected chi connectivity index (χ2v) is 7.96. The molecule has 0 saturated carbocycles. The first-order chi connectivity index (χ1) is 15.0. The van der Waals surface area contributed by atoms with Crippen LogP contribution in [-0.2, 0) is 22.6 Å². The van der Waals surface area contributed by atoms with Crippen LogP contribution in [0.15, 0.2) is 42.5 Å². The number of carbonyl (C=O) groups is 2. The van der Waals surface area contributed by atoms with E-state index in [1.54, 1.807) is 11.8 Å². The highest BCUT2D eigenvalue weighted by molar-refractivity contribution is 5.87. The maximum absolute atomic E-state index is 13.2. The van der Waals surface area contributed by atoms with E-state index in [0.29, 0.717) is 39.1 Å². The van der Waals surface area contributed by atoms with E-state index in [9.17, 15) is 9.59 Å². The predicted octanol–water partition coefficient (Wildman–Crippen LogP) is 3.64. The number of nitrogens with one attached hydrogen (secondary N) is 1. The van der Waals surface area contributed by atoms with Gasteiger partial charge in [-0.05, 0) is 49.9 Å². The second kappa shape index (κ2) is 10.8. The van der Waals surface area contributed by atoms with E-state index in [1.165, 1.54) is 0 Å². The van der Waals surface area contributed by atoms with Crippen molar-refractivity contribution in [3.8, 4) is 11.5 Å². The molecular weight excluding hydrogens is 392 g/mol. The summed E-state index contributed by atoms with van der Waals surface area (Å²) >= 11 is 0. The number of aryl methyl sites for hydroxylation is 2. The summed E-state index contributed by atoms with van der Waals surface area (Å²) in [5.41, 5.74) is 3.16. The molecule has 0 aromatic heterocycles. The number of carbonyl (C=O) groups excluding carboxylic acids is 2. The molecule has 2 amide bonds. The highest BCUT2D eigenvalue weighted by atomic mass is 16.6. The summed E-state index contributed by atoms with van der Waals surface area (Å²) in [6.07, 6.45) is 1.74. The zero-order valence-corrected chi connectivity index (χ0v) is 18.6. The molecule has 0 fully saturated rings. The molecule has 0 unspecified atom stereocenters. The molecule has 1 aliphatic rings. The molecule has 6 heteroatoms. The molecule has 0 aliphatic carbocycles. The number of hydrogen-bond donors (Lipinski definition) is 1. The zero-order valence-electron chi connectivity index (χ0n) is 18.6. The molecule has 0 radical (unpaired) electrons. The average molecular weight is 425 g/mol.